The highest BCUT2D eigenvalue weighted by atomic mass is 16.6. The molecule has 10 nitrogen and oxygen atoms in total. The first-order valence-corrected chi connectivity index (χ1v) is 12.9. The van der Waals surface area contributed by atoms with Crippen molar-refractivity contribution in [2.24, 2.45) is 22.7 Å². The van der Waals surface area contributed by atoms with Crippen molar-refractivity contribution in [3.63, 3.8) is 0 Å². The number of ketones is 2. The standard InChI is InChI=1S/C29H34O10/c1-15-19(11-21(31)36-6)27(3,4)13-18(23(15)33)26(38-16(2)30)29(35)9-8-28(5)20(24(29)34)12-22(32)39-25(28)17-7-10-37-14-17/h7,10,12-15,19,25-26,35H,8-9,11H2,1-6H3/t15-,19-,25+,26-,28-,29-/m1/s1. The first-order chi connectivity index (χ1) is 18.2. The van der Waals surface area contributed by atoms with Crippen LogP contribution in [0.2, 0.25) is 0 Å². The van der Waals surface area contributed by atoms with Crippen LogP contribution in [-0.4, -0.2) is 53.4 Å². The van der Waals surface area contributed by atoms with E-state index in [4.69, 9.17) is 18.6 Å². The number of cyclic esters (lactones) is 1. The van der Waals surface area contributed by atoms with Gasteiger partial charge in [-0.2, -0.15) is 0 Å². The molecule has 1 saturated carbocycles. The zero-order valence-electron chi connectivity index (χ0n) is 22.9. The first-order valence-electron chi connectivity index (χ1n) is 12.9. The van der Waals surface area contributed by atoms with E-state index in [1.165, 1.54) is 19.6 Å². The Balaban J connectivity index is 1.78. The van der Waals surface area contributed by atoms with E-state index in [2.05, 4.69) is 0 Å². The number of rotatable bonds is 6. The van der Waals surface area contributed by atoms with Crippen molar-refractivity contribution in [2.75, 3.05) is 7.11 Å². The van der Waals surface area contributed by atoms with Crippen molar-refractivity contribution in [1.82, 2.24) is 0 Å². The number of fused-ring (bicyclic) bond motifs is 1. The van der Waals surface area contributed by atoms with E-state index in [0.717, 1.165) is 13.0 Å². The Hall–Kier alpha value is -3.53. The molecule has 4 rings (SSSR count). The summed E-state index contributed by atoms with van der Waals surface area (Å²) in [4.78, 5) is 64.6. The summed E-state index contributed by atoms with van der Waals surface area (Å²) in [6.07, 6.45) is 3.03. The molecule has 2 aliphatic carbocycles. The normalized spacial score (nSPS) is 32.8. The van der Waals surface area contributed by atoms with E-state index in [1.54, 1.807) is 26.0 Å². The van der Waals surface area contributed by atoms with Crippen LogP contribution >= 0.6 is 0 Å². The Morgan fingerprint density at radius 2 is 1.87 bits per heavy atom. The lowest BCUT2D eigenvalue weighted by atomic mass is 9.57. The zero-order valence-corrected chi connectivity index (χ0v) is 22.9. The zero-order chi connectivity index (χ0) is 28.9. The van der Waals surface area contributed by atoms with E-state index in [-0.39, 0.29) is 30.4 Å². The Kier molecular flexibility index (Phi) is 7.23. The number of furan rings is 1. The Labute approximate surface area is 226 Å². The summed E-state index contributed by atoms with van der Waals surface area (Å²) in [5, 5.41) is 12.0. The molecule has 0 amide bonds. The molecule has 0 bridgehead atoms. The van der Waals surface area contributed by atoms with Crippen LogP contribution in [-0.2, 0) is 38.2 Å². The maximum absolute atomic E-state index is 14.1. The predicted octanol–water partition coefficient (Wildman–Crippen LogP) is 3.19. The van der Waals surface area contributed by atoms with Gasteiger partial charge in [-0.25, -0.2) is 4.79 Å². The molecule has 1 aromatic heterocycles. The summed E-state index contributed by atoms with van der Waals surface area (Å²) < 4.78 is 21.1. The number of esters is 3. The molecule has 0 spiro atoms. The van der Waals surface area contributed by atoms with Crippen molar-refractivity contribution in [3.8, 4) is 0 Å². The minimum absolute atomic E-state index is 0.00955. The number of methoxy groups -OCH3 is 1. The van der Waals surface area contributed by atoms with Gasteiger partial charge in [0.1, 0.15) is 6.10 Å². The Bertz CT molecular complexity index is 1270. The maximum atomic E-state index is 14.1. The molecule has 0 saturated heterocycles. The SMILES string of the molecule is COC(=O)C[C@@H]1[C@@H](C)C(=O)C([C@@H](OC(C)=O)[C@@]2(O)CC[C@]3(C)C(=CC(=O)O[C@H]3c3ccoc3)C2=O)=CC1(C)C. The molecule has 6 atom stereocenters. The van der Waals surface area contributed by atoms with E-state index in [1.807, 2.05) is 13.8 Å². The van der Waals surface area contributed by atoms with Crippen LogP contribution in [0, 0.1) is 22.7 Å². The lowest BCUT2D eigenvalue weighted by molar-refractivity contribution is -0.176. The number of allylic oxidation sites excluding steroid dienone is 1. The van der Waals surface area contributed by atoms with Crippen LogP contribution in [0.15, 0.2) is 46.3 Å². The highest BCUT2D eigenvalue weighted by Crippen LogP contribution is 2.56. The number of aliphatic hydroxyl groups is 1. The fourth-order valence-corrected chi connectivity index (χ4v) is 6.36. The molecule has 0 unspecified atom stereocenters. The van der Waals surface area contributed by atoms with Crippen molar-refractivity contribution in [3.05, 3.63) is 47.5 Å². The maximum Gasteiger partial charge on any atom is 0.331 e. The van der Waals surface area contributed by atoms with Gasteiger partial charge < -0.3 is 23.7 Å². The van der Waals surface area contributed by atoms with Crippen LogP contribution in [0.1, 0.15) is 65.5 Å². The molecule has 1 aliphatic heterocycles. The molecular weight excluding hydrogens is 508 g/mol. The average molecular weight is 543 g/mol. The molecule has 0 aromatic carbocycles. The quantitative estimate of drug-likeness (QED) is 0.420. The number of ether oxygens (including phenoxy) is 3. The van der Waals surface area contributed by atoms with Gasteiger partial charge in [0, 0.05) is 47.5 Å². The fourth-order valence-electron chi connectivity index (χ4n) is 6.36. The van der Waals surface area contributed by atoms with Gasteiger partial charge in [0.25, 0.3) is 0 Å². The smallest absolute Gasteiger partial charge is 0.331 e. The highest BCUT2D eigenvalue weighted by Gasteiger charge is 2.61. The van der Waals surface area contributed by atoms with Gasteiger partial charge in [0.05, 0.1) is 19.6 Å². The third-order valence-corrected chi connectivity index (χ3v) is 8.60. The van der Waals surface area contributed by atoms with Gasteiger partial charge in [-0.3, -0.25) is 19.2 Å². The van der Waals surface area contributed by atoms with Crippen LogP contribution in [0.3, 0.4) is 0 Å². The van der Waals surface area contributed by atoms with Crippen molar-refractivity contribution >= 4 is 29.5 Å². The second-order valence-electron chi connectivity index (χ2n) is 11.6. The van der Waals surface area contributed by atoms with Gasteiger partial charge in [0.2, 0.25) is 0 Å². The second kappa shape index (κ2) is 9.89. The summed E-state index contributed by atoms with van der Waals surface area (Å²) in [5.74, 6) is -4.40. The van der Waals surface area contributed by atoms with E-state index < -0.39 is 69.9 Å². The minimum Gasteiger partial charge on any atom is -0.472 e. The molecule has 39 heavy (non-hydrogen) atoms. The van der Waals surface area contributed by atoms with Crippen LogP contribution in [0.25, 0.3) is 0 Å². The number of hydrogen-bond donors (Lipinski definition) is 1. The minimum atomic E-state index is -2.32. The van der Waals surface area contributed by atoms with Crippen LogP contribution < -0.4 is 0 Å². The third kappa shape index (κ3) is 4.75. The van der Waals surface area contributed by atoms with Gasteiger partial charge in [-0.15, -0.1) is 0 Å². The molecule has 210 valence electrons. The van der Waals surface area contributed by atoms with Gasteiger partial charge in [-0.1, -0.05) is 33.8 Å². The number of Topliss-reactive ketones (excluding diaryl/α,β-unsaturated/α-hetero) is 2. The topological polar surface area (TPSA) is 146 Å². The fraction of sp³-hybridized carbons (Fsp3) is 0.552. The molecule has 1 fully saturated rings. The number of carbonyl (C=O) groups excluding carboxylic acids is 5. The molecule has 1 N–H and O–H groups in total. The second-order valence-corrected chi connectivity index (χ2v) is 11.6. The van der Waals surface area contributed by atoms with Crippen LogP contribution in [0.4, 0.5) is 0 Å². The van der Waals surface area contributed by atoms with Crippen molar-refractivity contribution < 1.29 is 47.7 Å². The summed E-state index contributed by atoms with van der Waals surface area (Å²) in [5.41, 5.74) is -3.50. The summed E-state index contributed by atoms with van der Waals surface area (Å²) >= 11 is 0. The molecular formula is C29H34O10. The lowest BCUT2D eigenvalue weighted by Gasteiger charge is -2.50. The highest BCUT2D eigenvalue weighted by molar-refractivity contribution is 6.10. The van der Waals surface area contributed by atoms with Crippen molar-refractivity contribution in [2.45, 2.75) is 71.7 Å². The molecule has 1 aromatic rings. The average Bonchev–Trinajstić information content (AvgIpc) is 3.40. The Morgan fingerprint density at radius 1 is 1.18 bits per heavy atom. The summed E-state index contributed by atoms with van der Waals surface area (Å²) in [6.45, 7) is 8.20. The van der Waals surface area contributed by atoms with Gasteiger partial charge >= 0.3 is 17.9 Å². The number of hydrogen-bond acceptors (Lipinski definition) is 10. The largest absolute Gasteiger partial charge is 0.472 e. The molecule has 10 heteroatoms. The van der Waals surface area contributed by atoms with E-state index in [0.29, 0.717) is 5.56 Å². The van der Waals surface area contributed by atoms with E-state index in [9.17, 15) is 29.1 Å². The molecule has 3 aliphatic rings. The Morgan fingerprint density at radius 3 is 2.46 bits per heavy atom. The molecule has 2 heterocycles. The summed E-state index contributed by atoms with van der Waals surface area (Å²) in [7, 11) is 1.27. The lowest BCUT2D eigenvalue weighted by Crippen LogP contribution is -2.60. The van der Waals surface area contributed by atoms with Crippen LogP contribution in [0.5, 0.6) is 0 Å². The van der Waals surface area contributed by atoms with Gasteiger partial charge in [0.15, 0.2) is 23.3 Å². The monoisotopic (exact) mass is 542 g/mol. The van der Waals surface area contributed by atoms with E-state index >= 15 is 0 Å². The third-order valence-electron chi connectivity index (χ3n) is 8.60. The summed E-state index contributed by atoms with van der Waals surface area (Å²) in [6, 6.07) is 1.64. The number of carbonyl (C=O) groups is 5. The van der Waals surface area contributed by atoms with Gasteiger partial charge in [-0.05, 0) is 30.2 Å². The first kappa shape index (κ1) is 28.5. The van der Waals surface area contributed by atoms with Crippen molar-refractivity contribution in [1.29, 1.82) is 0 Å². The predicted molar refractivity (Wildman–Crippen MR) is 135 cm³/mol. The molecule has 0 radical (unpaired) electrons.